The third-order valence-electron chi connectivity index (χ3n) is 6.64. The zero-order valence-corrected chi connectivity index (χ0v) is 24.5. The van der Waals surface area contributed by atoms with Crippen LogP contribution in [0.2, 0.25) is 5.02 Å². The van der Waals surface area contributed by atoms with E-state index in [1.807, 2.05) is 0 Å². The Hall–Kier alpha value is -4.61. The molecule has 12 heteroatoms. The quantitative estimate of drug-likeness (QED) is 0.291. The molecule has 0 bridgehead atoms. The van der Waals surface area contributed by atoms with Crippen LogP contribution in [-0.4, -0.2) is 42.4 Å². The fourth-order valence-electron chi connectivity index (χ4n) is 4.69. The predicted molar refractivity (Wildman–Crippen MR) is 156 cm³/mol. The molecule has 1 atom stereocenters. The number of hydrogen-bond acceptors (Lipinski definition) is 9. The molecule has 0 fully saturated rings. The average Bonchev–Trinajstić information content (AvgIpc) is 3.56. The van der Waals surface area contributed by atoms with Gasteiger partial charge < -0.3 is 23.7 Å². The predicted octanol–water partition coefficient (Wildman–Crippen LogP) is 4.43. The number of carbonyl (C=O) groups excluding carboxylic acids is 1. The van der Waals surface area contributed by atoms with E-state index in [-0.39, 0.29) is 28.3 Å². The third-order valence-corrected chi connectivity index (χ3v) is 7.93. The Kier molecular flexibility index (Phi) is 8.06. The Morgan fingerprint density at radius 3 is 2.60 bits per heavy atom. The van der Waals surface area contributed by atoms with Crippen molar-refractivity contribution in [1.29, 1.82) is 0 Å². The minimum Gasteiger partial charge on any atom is -0.497 e. The van der Waals surface area contributed by atoms with Gasteiger partial charge in [-0.2, -0.15) is 0 Å². The molecule has 3 heterocycles. The number of esters is 1. The molecule has 2 aromatic heterocycles. The number of aromatic carboxylic acids is 1. The second kappa shape index (κ2) is 11.7. The number of furan rings is 1. The smallest absolute Gasteiger partial charge is 0.338 e. The van der Waals surface area contributed by atoms with Crippen LogP contribution >= 0.6 is 22.9 Å². The van der Waals surface area contributed by atoms with Crippen LogP contribution in [0.5, 0.6) is 11.5 Å². The molecule has 1 aliphatic heterocycles. The lowest BCUT2D eigenvalue weighted by Crippen LogP contribution is -2.40. The van der Waals surface area contributed by atoms with E-state index < -0.39 is 18.0 Å². The van der Waals surface area contributed by atoms with Crippen LogP contribution in [-0.2, 0) is 9.53 Å². The van der Waals surface area contributed by atoms with Crippen LogP contribution in [0.15, 0.2) is 74.0 Å². The van der Waals surface area contributed by atoms with Crippen molar-refractivity contribution in [3.05, 3.63) is 101 Å². The summed E-state index contributed by atoms with van der Waals surface area (Å²) >= 11 is 7.27. The molecule has 0 aliphatic carbocycles. The molecule has 42 heavy (non-hydrogen) atoms. The highest BCUT2D eigenvalue weighted by Gasteiger charge is 2.35. The summed E-state index contributed by atoms with van der Waals surface area (Å²) in [6, 6.07) is 12.2. The van der Waals surface area contributed by atoms with Crippen molar-refractivity contribution in [2.45, 2.75) is 19.9 Å². The van der Waals surface area contributed by atoms with Gasteiger partial charge in [0.05, 0.1) is 47.2 Å². The molecule has 216 valence electrons. The maximum absolute atomic E-state index is 13.9. The number of nitrogens with zero attached hydrogens (tertiary/aromatic N) is 2. The first kappa shape index (κ1) is 28.9. The number of halogens is 1. The maximum atomic E-state index is 13.9. The normalized spacial score (nSPS) is 14.8. The molecular weight excluding hydrogens is 584 g/mol. The van der Waals surface area contributed by atoms with Crippen molar-refractivity contribution in [2.24, 2.45) is 4.99 Å². The number of ether oxygens (including phenoxy) is 3. The molecule has 1 aliphatic rings. The van der Waals surface area contributed by atoms with Crippen molar-refractivity contribution in [1.82, 2.24) is 4.57 Å². The molecule has 0 radical (unpaired) electrons. The van der Waals surface area contributed by atoms with Crippen LogP contribution in [0.25, 0.3) is 17.4 Å². The van der Waals surface area contributed by atoms with Crippen molar-refractivity contribution in [3.63, 3.8) is 0 Å². The van der Waals surface area contributed by atoms with Gasteiger partial charge in [0.15, 0.2) is 4.80 Å². The topological polar surface area (TPSA) is 130 Å². The van der Waals surface area contributed by atoms with Gasteiger partial charge >= 0.3 is 11.9 Å². The summed E-state index contributed by atoms with van der Waals surface area (Å²) < 4.78 is 24.0. The Balaban J connectivity index is 1.64. The largest absolute Gasteiger partial charge is 0.497 e. The van der Waals surface area contributed by atoms with Crippen molar-refractivity contribution >= 4 is 41.0 Å². The number of allylic oxidation sites excluding steroid dienone is 1. The molecule has 2 aromatic carbocycles. The molecule has 0 unspecified atom stereocenters. The van der Waals surface area contributed by atoms with Gasteiger partial charge in [-0.25, -0.2) is 14.6 Å². The summed E-state index contributed by atoms with van der Waals surface area (Å²) in [4.78, 5) is 43.3. The number of benzene rings is 2. The number of carboxylic acids is 1. The van der Waals surface area contributed by atoms with Crippen molar-refractivity contribution < 1.29 is 33.3 Å². The van der Waals surface area contributed by atoms with E-state index in [1.54, 1.807) is 56.3 Å². The fraction of sp³-hybridized carbons (Fsp3) is 0.200. The van der Waals surface area contributed by atoms with E-state index in [2.05, 4.69) is 4.99 Å². The first-order valence-electron chi connectivity index (χ1n) is 12.7. The number of rotatable bonds is 8. The number of hydrogen-bond donors (Lipinski definition) is 1. The van der Waals surface area contributed by atoms with Gasteiger partial charge in [-0.3, -0.25) is 9.36 Å². The number of aromatic nitrogens is 1. The standard InChI is InChI=1S/C30H25ClN2O8S/c1-5-40-29(37)25-15(2)32-30-33(26(25)20-10-7-17(38-3)13-23(20)39-4)27(34)24(42-30)14-18-8-11-22(41-18)16-6-9-19(28(35)36)21(31)12-16/h6-14,26H,5H2,1-4H3,(H,35,36)/t26-/m1/s1. The first-order valence-corrected chi connectivity index (χ1v) is 13.9. The SMILES string of the molecule is CCOC(=O)C1=C(C)N=c2sc(=Cc3ccc(-c4ccc(C(=O)O)c(Cl)c4)o3)c(=O)n2[C@@H]1c1ccc(OC)cc1OC. The third kappa shape index (κ3) is 5.24. The van der Waals surface area contributed by atoms with E-state index in [4.69, 9.17) is 30.2 Å². The molecule has 4 aromatic rings. The Bertz CT molecular complexity index is 1930. The minimum atomic E-state index is -1.13. The van der Waals surface area contributed by atoms with E-state index in [0.29, 0.717) is 49.2 Å². The molecule has 0 amide bonds. The van der Waals surface area contributed by atoms with Crippen molar-refractivity contribution in [3.8, 4) is 22.8 Å². The average molecular weight is 609 g/mol. The Morgan fingerprint density at radius 1 is 1.14 bits per heavy atom. The number of fused-ring (bicyclic) bond motifs is 1. The lowest BCUT2D eigenvalue weighted by molar-refractivity contribution is -0.139. The summed E-state index contributed by atoms with van der Waals surface area (Å²) in [7, 11) is 3.03. The summed E-state index contributed by atoms with van der Waals surface area (Å²) in [5.41, 5.74) is 1.38. The molecular formula is C30H25ClN2O8S. The summed E-state index contributed by atoms with van der Waals surface area (Å²) in [6.45, 7) is 3.56. The number of thiazole rings is 1. The van der Waals surface area contributed by atoms with Crippen LogP contribution in [0.1, 0.15) is 41.6 Å². The van der Waals surface area contributed by atoms with Gasteiger partial charge in [0.25, 0.3) is 5.56 Å². The van der Waals surface area contributed by atoms with Crippen LogP contribution in [0.4, 0.5) is 0 Å². The number of carbonyl (C=O) groups is 2. The summed E-state index contributed by atoms with van der Waals surface area (Å²) in [6.07, 6.45) is 1.59. The molecule has 1 N–H and O–H groups in total. The van der Waals surface area contributed by atoms with Gasteiger partial charge in [-0.1, -0.05) is 29.0 Å². The summed E-state index contributed by atoms with van der Waals surface area (Å²) in [5.74, 6) is 0.0819. The van der Waals surface area contributed by atoms with E-state index in [9.17, 15) is 19.5 Å². The van der Waals surface area contributed by atoms with Gasteiger partial charge in [-0.05, 0) is 50.2 Å². The fourth-order valence-corrected chi connectivity index (χ4v) is 5.97. The zero-order valence-electron chi connectivity index (χ0n) is 23.0. The summed E-state index contributed by atoms with van der Waals surface area (Å²) in [5, 5.41) is 9.31. The second-order valence-electron chi connectivity index (χ2n) is 9.11. The van der Waals surface area contributed by atoms with Crippen LogP contribution in [0, 0.1) is 0 Å². The zero-order chi connectivity index (χ0) is 30.1. The molecule has 10 nitrogen and oxygen atoms in total. The molecule has 0 saturated heterocycles. The van der Waals surface area contributed by atoms with E-state index >= 15 is 0 Å². The lowest BCUT2D eigenvalue weighted by atomic mass is 9.95. The maximum Gasteiger partial charge on any atom is 0.338 e. The molecule has 0 spiro atoms. The molecule has 5 rings (SSSR count). The van der Waals surface area contributed by atoms with Crippen LogP contribution in [0.3, 0.4) is 0 Å². The highest BCUT2D eigenvalue weighted by atomic mass is 35.5. The Labute approximate surface area is 248 Å². The van der Waals surface area contributed by atoms with Gasteiger partial charge in [0.1, 0.15) is 29.1 Å². The van der Waals surface area contributed by atoms with E-state index in [1.165, 1.54) is 30.9 Å². The minimum absolute atomic E-state index is 0.0196. The lowest BCUT2D eigenvalue weighted by Gasteiger charge is -2.26. The Morgan fingerprint density at radius 2 is 1.93 bits per heavy atom. The highest BCUT2D eigenvalue weighted by Crippen LogP contribution is 2.37. The van der Waals surface area contributed by atoms with Crippen molar-refractivity contribution in [2.75, 3.05) is 20.8 Å². The monoisotopic (exact) mass is 608 g/mol. The molecule has 0 saturated carbocycles. The van der Waals surface area contributed by atoms with Gasteiger partial charge in [0.2, 0.25) is 0 Å². The van der Waals surface area contributed by atoms with Gasteiger partial charge in [-0.15, -0.1) is 0 Å². The number of carboxylic acid groups (broad SMARTS) is 1. The van der Waals surface area contributed by atoms with Gasteiger partial charge in [0, 0.05) is 23.3 Å². The van der Waals surface area contributed by atoms with E-state index in [0.717, 1.165) is 11.3 Å². The second-order valence-corrected chi connectivity index (χ2v) is 10.5. The number of methoxy groups -OCH3 is 2. The first-order chi connectivity index (χ1) is 20.2. The highest BCUT2D eigenvalue weighted by molar-refractivity contribution is 7.07. The van der Waals surface area contributed by atoms with Crippen LogP contribution < -0.4 is 24.4 Å².